The summed E-state index contributed by atoms with van der Waals surface area (Å²) in [7, 11) is 0. The Hall–Kier alpha value is -1.76. The van der Waals surface area contributed by atoms with Crippen molar-refractivity contribution < 1.29 is 23.1 Å². The molecule has 2 N–H and O–H groups in total. The minimum Gasteiger partial charge on any atom is -0.391 e. The van der Waals surface area contributed by atoms with Gasteiger partial charge in [0.1, 0.15) is 6.04 Å². The van der Waals surface area contributed by atoms with Gasteiger partial charge in [-0.05, 0) is 12.0 Å². The molecule has 21 heavy (non-hydrogen) atoms. The van der Waals surface area contributed by atoms with Gasteiger partial charge in [-0.25, -0.2) is 4.79 Å². The second kappa shape index (κ2) is 6.34. The van der Waals surface area contributed by atoms with Crippen LogP contribution in [0.25, 0.3) is 0 Å². The number of carbonyl (C=O) groups excluding carboxylic acids is 1. The normalized spacial score (nSPS) is 20.4. The average molecular weight is 302 g/mol. The van der Waals surface area contributed by atoms with Gasteiger partial charge in [0.25, 0.3) is 0 Å². The zero-order valence-corrected chi connectivity index (χ0v) is 11.3. The van der Waals surface area contributed by atoms with Crippen molar-refractivity contribution in [1.29, 1.82) is 0 Å². The van der Waals surface area contributed by atoms with Gasteiger partial charge in [0, 0.05) is 19.5 Å². The van der Waals surface area contributed by atoms with Crippen molar-refractivity contribution in [1.82, 2.24) is 10.2 Å². The number of rotatable bonds is 3. The van der Waals surface area contributed by atoms with E-state index in [-0.39, 0.29) is 19.5 Å². The molecule has 0 spiro atoms. The molecule has 116 valence electrons. The lowest BCUT2D eigenvalue weighted by Crippen LogP contribution is -2.51. The minimum absolute atomic E-state index is 0.0712. The minimum atomic E-state index is -4.52. The summed E-state index contributed by atoms with van der Waals surface area (Å²) in [5.41, 5.74) is 0.501. The molecule has 2 atom stereocenters. The summed E-state index contributed by atoms with van der Waals surface area (Å²) in [5.74, 6) is 0. The summed E-state index contributed by atoms with van der Waals surface area (Å²) >= 11 is 0. The predicted molar refractivity (Wildman–Crippen MR) is 70.7 cm³/mol. The van der Waals surface area contributed by atoms with Gasteiger partial charge >= 0.3 is 12.2 Å². The molecule has 0 saturated carbocycles. The molecule has 0 aliphatic carbocycles. The molecule has 7 heteroatoms. The highest BCUT2D eigenvalue weighted by atomic mass is 19.4. The van der Waals surface area contributed by atoms with Crippen LogP contribution in [0.15, 0.2) is 30.3 Å². The fraction of sp³-hybridized carbons (Fsp3) is 0.500. The Balaban J connectivity index is 2.02. The van der Waals surface area contributed by atoms with Gasteiger partial charge in [-0.3, -0.25) is 0 Å². The lowest BCUT2D eigenvalue weighted by molar-refractivity contribution is -0.153. The quantitative estimate of drug-likeness (QED) is 0.896. The molecule has 1 fully saturated rings. The molecule has 1 aliphatic rings. The number of hydrogen-bond acceptors (Lipinski definition) is 2. The monoisotopic (exact) mass is 302 g/mol. The molecular formula is C14H17F3N2O2. The van der Waals surface area contributed by atoms with E-state index in [2.05, 4.69) is 0 Å². The highest BCUT2D eigenvalue weighted by molar-refractivity contribution is 5.75. The Morgan fingerprint density at radius 2 is 2.05 bits per heavy atom. The SMILES string of the molecule is O=C(N[C@H](Cc1ccccc1)C(F)(F)F)N1CC[C@@H](O)C1. The van der Waals surface area contributed by atoms with Crippen molar-refractivity contribution in [3.8, 4) is 0 Å². The smallest absolute Gasteiger partial charge is 0.391 e. The Morgan fingerprint density at radius 1 is 1.38 bits per heavy atom. The van der Waals surface area contributed by atoms with E-state index in [9.17, 15) is 23.1 Å². The molecule has 0 unspecified atom stereocenters. The number of nitrogens with zero attached hydrogens (tertiary/aromatic N) is 1. The molecule has 0 bridgehead atoms. The van der Waals surface area contributed by atoms with Crippen LogP contribution in [0.2, 0.25) is 0 Å². The van der Waals surface area contributed by atoms with E-state index in [0.717, 1.165) is 0 Å². The summed E-state index contributed by atoms with van der Waals surface area (Å²) in [4.78, 5) is 13.0. The van der Waals surface area contributed by atoms with Gasteiger partial charge in [-0.2, -0.15) is 13.2 Å². The number of benzene rings is 1. The van der Waals surface area contributed by atoms with E-state index in [1.165, 1.54) is 4.90 Å². The van der Waals surface area contributed by atoms with Crippen LogP contribution in [0.1, 0.15) is 12.0 Å². The lowest BCUT2D eigenvalue weighted by atomic mass is 10.1. The first-order valence-electron chi connectivity index (χ1n) is 6.70. The zero-order valence-electron chi connectivity index (χ0n) is 11.3. The first kappa shape index (κ1) is 15.6. The number of amides is 2. The van der Waals surface area contributed by atoms with Gasteiger partial charge in [0.15, 0.2) is 0 Å². The van der Waals surface area contributed by atoms with Gasteiger partial charge in [0.05, 0.1) is 6.10 Å². The molecule has 0 radical (unpaired) electrons. The number of likely N-dealkylation sites (tertiary alicyclic amines) is 1. The maximum absolute atomic E-state index is 13.0. The number of β-amino-alcohol motifs (C(OH)–C–C–N with tert-alkyl or cyclic N) is 1. The fourth-order valence-corrected chi connectivity index (χ4v) is 2.27. The van der Waals surface area contributed by atoms with Crippen LogP contribution in [-0.2, 0) is 6.42 Å². The van der Waals surface area contributed by atoms with Crippen molar-refractivity contribution in [2.75, 3.05) is 13.1 Å². The second-order valence-electron chi connectivity index (χ2n) is 5.12. The van der Waals surface area contributed by atoms with E-state index < -0.39 is 24.4 Å². The van der Waals surface area contributed by atoms with Crippen molar-refractivity contribution >= 4 is 6.03 Å². The van der Waals surface area contributed by atoms with E-state index in [1.807, 2.05) is 5.32 Å². The maximum atomic E-state index is 13.0. The number of urea groups is 1. The highest BCUT2D eigenvalue weighted by Crippen LogP contribution is 2.24. The zero-order chi connectivity index (χ0) is 15.5. The molecule has 1 heterocycles. The van der Waals surface area contributed by atoms with Gasteiger partial charge in [-0.1, -0.05) is 30.3 Å². The third-order valence-corrected chi connectivity index (χ3v) is 3.43. The average Bonchev–Trinajstić information content (AvgIpc) is 2.85. The number of aliphatic hydroxyl groups is 1. The first-order chi connectivity index (χ1) is 9.86. The predicted octanol–water partition coefficient (Wildman–Crippen LogP) is 1.94. The van der Waals surface area contributed by atoms with Gasteiger partial charge < -0.3 is 15.3 Å². The maximum Gasteiger partial charge on any atom is 0.408 e. The topological polar surface area (TPSA) is 52.6 Å². The molecule has 1 aliphatic heterocycles. The third-order valence-electron chi connectivity index (χ3n) is 3.43. The Kier molecular flexibility index (Phi) is 4.72. The van der Waals surface area contributed by atoms with Crippen molar-refractivity contribution in [2.45, 2.75) is 31.2 Å². The van der Waals surface area contributed by atoms with E-state index in [1.54, 1.807) is 30.3 Å². The van der Waals surface area contributed by atoms with E-state index in [0.29, 0.717) is 12.0 Å². The lowest BCUT2D eigenvalue weighted by Gasteiger charge is -2.25. The van der Waals surface area contributed by atoms with Crippen molar-refractivity contribution in [3.63, 3.8) is 0 Å². The largest absolute Gasteiger partial charge is 0.408 e. The van der Waals surface area contributed by atoms with Crippen LogP contribution in [-0.4, -0.2) is 47.4 Å². The first-order valence-corrected chi connectivity index (χ1v) is 6.70. The summed E-state index contributed by atoms with van der Waals surface area (Å²) < 4.78 is 39.1. The molecule has 2 rings (SSSR count). The second-order valence-corrected chi connectivity index (χ2v) is 5.12. The molecule has 0 aromatic heterocycles. The Bertz CT molecular complexity index is 479. The number of nitrogens with one attached hydrogen (secondary N) is 1. The molecule has 2 amide bonds. The Labute approximate surface area is 120 Å². The standard InChI is InChI=1S/C14H17F3N2O2/c15-14(16,17)12(8-10-4-2-1-3-5-10)18-13(21)19-7-6-11(20)9-19/h1-5,11-12,20H,6-9H2,(H,18,21)/t11-,12-/m1/s1. The van der Waals surface area contributed by atoms with Gasteiger partial charge in [-0.15, -0.1) is 0 Å². The molecule has 4 nitrogen and oxygen atoms in total. The van der Waals surface area contributed by atoms with Crippen LogP contribution in [0, 0.1) is 0 Å². The number of alkyl halides is 3. The Morgan fingerprint density at radius 3 is 2.57 bits per heavy atom. The summed E-state index contributed by atoms with van der Waals surface area (Å²) in [6.45, 7) is 0.338. The van der Waals surface area contributed by atoms with Gasteiger partial charge in [0.2, 0.25) is 0 Å². The van der Waals surface area contributed by atoms with Crippen LogP contribution >= 0.6 is 0 Å². The number of hydrogen-bond donors (Lipinski definition) is 2. The fourth-order valence-electron chi connectivity index (χ4n) is 2.27. The van der Waals surface area contributed by atoms with Crippen LogP contribution in [0.3, 0.4) is 0 Å². The van der Waals surface area contributed by atoms with Crippen molar-refractivity contribution in [2.24, 2.45) is 0 Å². The number of aliphatic hydroxyl groups excluding tert-OH is 1. The summed E-state index contributed by atoms with van der Waals surface area (Å²) in [6.07, 6.45) is -5.10. The highest BCUT2D eigenvalue weighted by Gasteiger charge is 2.41. The number of halogens is 3. The van der Waals surface area contributed by atoms with Crippen LogP contribution in [0.5, 0.6) is 0 Å². The third kappa shape index (κ3) is 4.35. The molecule has 1 saturated heterocycles. The van der Waals surface area contributed by atoms with Crippen LogP contribution < -0.4 is 5.32 Å². The van der Waals surface area contributed by atoms with Crippen molar-refractivity contribution in [3.05, 3.63) is 35.9 Å². The summed E-state index contributed by atoms with van der Waals surface area (Å²) in [5, 5.41) is 11.4. The molecule has 1 aromatic carbocycles. The summed E-state index contributed by atoms with van der Waals surface area (Å²) in [6, 6.07) is 5.48. The van der Waals surface area contributed by atoms with Crippen LogP contribution in [0.4, 0.5) is 18.0 Å². The molecule has 1 aromatic rings. The van der Waals surface area contributed by atoms with E-state index in [4.69, 9.17) is 0 Å². The van der Waals surface area contributed by atoms with E-state index >= 15 is 0 Å². The number of carbonyl (C=O) groups is 1. The molecular weight excluding hydrogens is 285 g/mol.